The Morgan fingerprint density at radius 2 is 1.64 bits per heavy atom. The fourth-order valence-electron chi connectivity index (χ4n) is 4.14. The van der Waals surface area contributed by atoms with Gasteiger partial charge in [-0.15, -0.1) is 0 Å². The van der Waals surface area contributed by atoms with Gasteiger partial charge in [0.2, 0.25) is 0 Å². The van der Waals surface area contributed by atoms with Gasteiger partial charge in [0.05, 0.1) is 11.2 Å². The van der Waals surface area contributed by atoms with E-state index in [4.69, 9.17) is 5.73 Å². The van der Waals surface area contributed by atoms with Gasteiger partial charge in [-0.05, 0) is 55.5 Å². The number of aryl methyl sites for hydroxylation is 2. The minimum absolute atomic E-state index is 0.748. The lowest BCUT2D eigenvalue weighted by Crippen LogP contribution is -2.10. The number of anilines is 3. The third-order valence-corrected chi connectivity index (χ3v) is 5.58. The Kier molecular flexibility index (Phi) is 3.56. The number of nitrogens with two attached hydrogens (primary N) is 1. The van der Waals surface area contributed by atoms with Crippen LogP contribution in [0.4, 0.5) is 17.1 Å². The van der Waals surface area contributed by atoms with Crippen molar-refractivity contribution in [1.29, 1.82) is 0 Å². The molecular formula is C24H22N4. The molecule has 138 valence electrons. The topological polar surface area (TPSA) is 47.1 Å². The van der Waals surface area contributed by atoms with E-state index in [1.807, 2.05) is 25.1 Å². The zero-order valence-corrected chi connectivity index (χ0v) is 16.3. The van der Waals surface area contributed by atoms with Crippen LogP contribution in [0.15, 0.2) is 66.7 Å². The first-order chi connectivity index (χ1) is 13.5. The SMILES string of the molecule is Cc1cc(N(C)c2ccc3c(c2)c2ccccc2n3C)c2cc(N)ccc2n1. The van der Waals surface area contributed by atoms with Crippen molar-refractivity contribution in [2.24, 2.45) is 7.05 Å². The van der Waals surface area contributed by atoms with Crippen molar-refractivity contribution in [2.45, 2.75) is 6.92 Å². The maximum atomic E-state index is 6.06. The molecule has 0 saturated heterocycles. The molecule has 0 radical (unpaired) electrons. The molecule has 0 saturated carbocycles. The first kappa shape index (κ1) is 16.6. The highest BCUT2D eigenvalue weighted by molar-refractivity contribution is 6.09. The van der Waals surface area contributed by atoms with E-state index in [0.29, 0.717) is 0 Å². The Bertz CT molecular complexity index is 1360. The summed E-state index contributed by atoms with van der Waals surface area (Å²) in [5, 5.41) is 3.60. The van der Waals surface area contributed by atoms with Gasteiger partial charge in [-0.25, -0.2) is 0 Å². The molecule has 4 heteroatoms. The van der Waals surface area contributed by atoms with Crippen molar-refractivity contribution in [3.8, 4) is 0 Å². The lowest BCUT2D eigenvalue weighted by molar-refractivity contribution is 1.01. The molecule has 2 N–H and O–H groups in total. The number of hydrogen-bond acceptors (Lipinski definition) is 3. The van der Waals surface area contributed by atoms with Crippen LogP contribution < -0.4 is 10.6 Å². The standard InChI is InChI=1S/C24H22N4/c1-15-12-24(20-13-16(25)8-10-21(20)26-15)27(2)17-9-11-23-19(14-17)18-6-4-5-7-22(18)28(23)3/h4-14H,25H2,1-3H3. The van der Waals surface area contributed by atoms with E-state index in [9.17, 15) is 0 Å². The maximum absolute atomic E-state index is 6.06. The molecule has 0 bridgehead atoms. The molecule has 3 aromatic carbocycles. The maximum Gasteiger partial charge on any atom is 0.0727 e. The third kappa shape index (κ3) is 2.42. The summed E-state index contributed by atoms with van der Waals surface area (Å²) in [7, 11) is 4.22. The predicted octanol–water partition coefficient (Wildman–Crippen LogP) is 5.54. The Morgan fingerprint density at radius 1 is 0.857 bits per heavy atom. The van der Waals surface area contributed by atoms with Crippen molar-refractivity contribution in [1.82, 2.24) is 9.55 Å². The van der Waals surface area contributed by atoms with E-state index in [-0.39, 0.29) is 0 Å². The van der Waals surface area contributed by atoms with Crippen LogP contribution in [-0.2, 0) is 7.05 Å². The van der Waals surface area contributed by atoms with Crippen LogP contribution in [0.1, 0.15) is 5.69 Å². The van der Waals surface area contributed by atoms with Gasteiger partial charge in [0.1, 0.15) is 0 Å². The molecule has 2 heterocycles. The predicted molar refractivity (Wildman–Crippen MR) is 119 cm³/mol. The molecule has 0 atom stereocenters. The molecule has 0 aliphatic rings. The second kappa shape index (κ2) is 5.99. The molecular weight excluding hydrogens is 344 g/mol. The average molecular weight is 366 g/mol. The second-order valence-corrected chi connectivity index (χ2v) is 7.40. The first-order valence-corrected chi connectivity index (χ1v) is 9.41. The number of fused-ring (bicyclic) bond motifs is 4. The van der Waals surface area contributed by atoms with Crippen LogP contribution in [-0.4, -0.2) is 16.6 Å². The van der Waals surface area contributed by atoms with Gasteiger partial charge in [0.15, 0.2) is 0 Å². The summed E-state index contributed by atoms with van der Waals surface area (Å²) < 4.78 is 2.25. The molecule has 28 heavy (non-hydrogen) atoms. The van der Waals surface area contributed by atoms with Gasteiger partial charge in [-0.1, -0.05) is 18.2 Å². The number of hydrogen-bond donors (Lipinski definition) is 1. The van der Waals surface area contributed by atoms with Gasteiger partial charge in [0.25, 0.3) is 0 Å². The fraction of sp³-hybridized carbons (Fsp3) is 0.125. The molecule has 2 aromatic heterocycles. The molecule has 5 rings (SSSR count). The lowest BCUT2D eigenvalue weighted by Gasteiger charge is -2.22. The lowest BCUT2D eigenvalue weighted by atomic mass is 10.1. The zero-order chi connectivity index (χ0) is 19.4. The molecule has 0 spiro atoms. The van der Waals surface area contributed by atoms with Crippen LogP contribution in [0, 0.1) is 6.92 Å². The fourth-order valence-corrected chi connectivity index (χ4v) is 4.14. The highest BCUT2D eigenvalue weighted by atomic mass is 15.1. The number of para-hydroxylation sites is 1. The van der Waals surface area contributed by atoms with Crippen LogP contribution in [0.5, 0.6) is 0 Å². The van der Waals surface area contributed by atoms with E-state index in [1.165, 1.54) is 21.8 Å². The average Bonchev–Trinajstić information content (AvgIpc) is 2.99. The minimum atomic E-state index is 0.748. The number of rotatable bonds is 2. The normalized spacial score (nSPS) is 11.5. The van der Waals surface area contributed by atoms with E-state index in [2.05, 4.69) is 77.1 Å². The van der Waals surface area contributed by atoms with E-state index in [1.54, 1.807) is 0 Å². The third-order valence-electron chi connectivity index (χ3n) is 5.58. The number of nitrogen functional groups attached to an aromatic ring is 1. The largest absolute Gasteiger partial charge is 0.399 e. The van der Waals surface area contributed by atoms with Crippen LogP contribution >= 0.6 is 0 Å². The monoisotopic (exact) mass is 366 g/mol. The summed E-state index contributed by atoms with van der Waals surface area (Å²) in [5.41, 5.74) is 13.5. The van der Waals surface area contributed by atoms with E-state index in [0.717, 1.165) is 33.7 Å². The van der Waals surface area contributed by atoms with E-state index < -0.39 is 0 Å². The number of aromatic nitrogens is 2. The van der Waals surface area contributed by atoms with Gasteiger partial charge < -0.3 is 15.2 Å². The quantitative estimate of drug-likeness (QED) is 0.417. The van der Waals surface area contributed by atoms with Crippen molar-refractivity contribution in [3.05, 3.63) is 72.4 Å². The first-order valence-electron chi connectivity index (χ1n) is 9.41. The molecule has 0 aliphatic carbocycles. The summed E-state index contributed by atoms with van der Waals surface area (Å²) in [4.78, 5) is 6.88. The number of pyridine rings is 1. The molecule has 5 aromatic rings. The molecule has 0 fully saturated rings. The number of nitrogens with zero attached hydrogens (tertiary/aromatic N) is 3. The van der Waals surface area contributed by atoms with E-state index >= 15 is 0 Å². The van der Waals surface area contributed by atoms with Crippen molar-refractivity contribution in [3.63, 3.8) is 0 Å². The summed E-state index contributed by atoms with van der Waals surface area (Å²) in [6.45, 7) is 2.03. The molecule has 0 unspecified atom stereocenters. The summed E-state index contributed by atoms with van der Waals surface area (Å²) in [6, 6.07) is 23.2. The van der Waals surface area contributed by atoms with Crippen LogP contribution in [0.3, 0.4) is 0 Å². The molecule has 0 amide bonds. The Hall–Kier alpha value is -3.53. The van der Waals surface area contributed by atoms with Gasteiger partial charge in [-0.3, -0.25) is 4.98 Å². The van der Waals surface area contributed by atoms with Crippen LogP contribution in [0.2, 0.25) is 0 Å². The van der Waals surface area contributed by atoms with Crippen LogP contribution in [0.25, 0.3) is 32.7 Å². The second-order valence-electron chi connectivity index (χ2n) is 7.40. The smallest absolute Gasteiger partial charge is 0.0727 e. The zero-order valence-electron chi connectivity index (χ0n) is 16.3. The molecule has 0 aliphatic heterocycles. The van der Waals surface area contributed by atoms with Gasteiger partial charge in [0, 0.05) is 58.4 Å². The Labute approximate surface area is 163 Å². The van der Waals surface area contributed by atoms with Crippen molar-refractivity contribution in [2.75, 3.05) is 17.7 Å². The Balaban J connectivity index is 1.73. The van der Waals surface area contributed by atoms with Crippen molar-refractivity contribution >= 4 is 49.8 Å². The number of benzene rings is 3. The Morgan fingerprint density at radius 3 is 2.50 bits per heavy atom. The highest BCUT2D eigenvalue weighted by Crippen LogP contribution is 2.36. The van der Waals surface area contributed by atoms with Gasteiger partial charge in [-0.2, -0.15) is 0 Å². The van der Waals surface area contributed by atoms with Gasteiger partial charge >= 0.3 is 0 Å². The van der Waals surface area contributed by atoms with Crippen molar-refractivity contribution < 1.29 is 0 Å². The highest BCUT2D eigenvalue weighted by Gasteiger charge is 2.14. The summed E-state index contributed by atoms with van der Waals surface area (Å²) in [5.74, 6) is 0. The summed E-state index contributed by atoms with van der Waals surface area (Å²) >= 11 is 0. The summed E-state index contributed by atoms with van der Waals surface area (Å²) in [6.07, 6.45) is 0. The minimum Gasteiger partial charge on any atom is -0.399 e. The molecule has 4 nitrogen and oxygen atoms in total.